The summed E-state index contributed by atoms with van der Waals surface area (Å²) >= 11 is 0. The molecule has 2 fully saturated rings. The lowest BCUT2D eigenvalue weighted by Crippen LogP contribution is -2.54. The highest BCUT2D eigenvalue weighted by atomic mass is 16.5. The molecular formula is C25H37N3O4. The summed E-state index contributed by atoms with van der Waals surface area (Å²) in [6.45, 7) is 4.74. The van der Waals surface area contributed by atoms with Crippen molar-refractivity contribution < 1.29 is 19.1 Å². The van der Waals surface area contributed by atoms with E-state index in [0.29, 0.717) is 52.1 Å². The van der Waals surface area contributed by atoms with Gasteiger partial charge in [0.05, 0.1) is 5.41 Å². The Morgan fingerprint density at radius 1 is 1.06 bits per heavy atom. The van der Waals surface area contributed by atoms with Crippen LogP contribution in [0.4, 0.5) is 0 Å². The van der Waals surface area contributed by atoms with Gasteiger partial charge in [-0.1, -0.05) is 36.8 Å². The Kier molecular flexibility index (Phi) is 9.09. The third-order valence-corrected chi connectivity index (χ3v) is 6.72. The van der Waals surface area contributed by atoms with Gasteiger partial charge in [0.2, 0.25) is 17.7 Å². The third-order valence-electron chi connectivity index (χ3n) is 6.72. The first-order valence-electron chi connectivity index (χ1n) is 12.0. The molecule has 0 saturated carbocycles. The quantitative estimate of drug-likeness (QED) is 0.751. The highest BCUT2D eigenvalue weighted by Crippen LogP contribution is 2.37. The molecule has 0 unspecified atom stereocenters. The second-order valence-corrected chi connectivity index (χ2v) is 9.06. The number of likely N-dealkylation sites (tertiary alicyclic amines) is 1. The van der Waals surface area contributed by atoms with Crippen molar-refractivity contribution in [1.29, 1.82) is 0 Å². The fourth-order valence-electron chi connectivity index (χ4n) is 4.55. The zero-order valence-electron chi connectivity index (χ0n) is 19.2. The number of nitrogens with zero attached hydrogens (tertiary/aromatic N) is 1. The Morgan fingerprint density at radius 2 is 1.78 bits per heavy atom. The van der Waals surface area contributed by atoms with E-state index in [1.165, 1.54) is 0 Å². The Balaban J connectivity index is 1.59. The van der Waals surface area contributed by atoms with Crippen LogP contribution in [0.5, 0.6) is 0 Å². The summed E-state index contributed by atoms with van der Waals surface area (Å²) in [7, 11) is 0. The van der Waals surface area contributed by atoms with Crippen molar-refractivity contribution in [2.45, 2.75) is 64.3 Å². The topological polar surface area (TPSA) is 87.7 Å². The van der Waals surface area contributed by atoms with E-state index < -0.39 is 11.5 Å². The van der Waals surface area contributed by atoms with Gasteiger partial charge in [-0.05, 0) is 51.0 Å². The number of piperidine rings is 1. The summed E-state index contributed by atoms with van der Waals surface area (Å²) in [5.41, 5.74) is 0.628. The van der Waals surface area contributed by atoms with E-state index in [2.05, 4.69) is 10.6 Å². The van der Waals surface area contributed by atoms with Gasteiger partial charge in [-0.2, -0.15) is 0 Å². The van der Waals surface area contributed by atoms with Crippen LogP contribution in [0, 0.1) is 5.41 Å². The van der Waals surface area contributed by atoms with Gasteiger partial charge in [-0.15, -0.1) is 0 Å². The fraction of sp³-hybridized carbons (Fsp3) is 0.640. The molecule has 2 heterocycles. The van der Waals surface area contributed by atoms with Crippen molar-refractivity contribution in [1.82, 2.24) is 15.5 Å². The van der Waals surface area contributed by atoms with E-state index in [4.69, 9.17) is 4.74 Å². The van der Waals surface area contributed by atoms with Gasteiger partial charge >= 0.3 is 0 Å². The van der Waals surface area contributed by atoms with Crippen LogP contribution in [-0.4, -0.2) is 61.5 Å². The largest absolute Gasteiger partial charge is 0.381 e. The SMILES string of the molecule is C[C@@H]1NC(=O)C2(CCCCOCCCNC1=O)CCN(C(=O)CCc1ccccc1)CC2. The van der Waals surface area contributed by atoms with E-state index in [9.17, 15) is 14.4 Å². The number of carbonyl (C=O) groups excluding carboxylic acids is 3. The average molecular weight is 444 g/mol. The van der Waals surface area contributed by atoms with Crippen molar-refractivity contribution in [3.05, 3.63) is 35.9 Å². The minimum Gasteiger partial charge on any atom is -0.381 e. The Morgan fingerprint density at radius 3 is 2.53 bits per heavy atom. The van der Waals surface area contributed by atoms with Crippen LogP contribution < -0.4 is 10.6 Å². The predicted octanol–water partition coefficient (Wildman–Crippen LogP) is 2.44. The number of hydrogen-bond donors (Lipinski definition) is 2. The Bertz CT molecular complexity index is 760. The summed E-state index contributed by atoms with van der Waals surface area (Å²) in [5, 5.41) is 5.81. The van der Waals surface area contributed by atoms with Crippen LogP contribution in [0.3, 0.4) is 0 Å². The molecule has 176 valence electrons. The second-order valence-electron chi connectivity index (χ2n) is 9.06. The highest BCUT2D eigenvalue weighted by Gasteiger charge is 2.42. The first-order chi connectivity index (χ1) is 15.5. The van der Waals surface area contributed by atoms with Gasteiger partial charge in [0.1, 0.15) is 6.04 Å². The van der Waals surface area contributed by atoms with Crippen LogP contribution >= 0.6 is 0 Å². The molecule has 1 aromatic rings. The molecule has 2 N–H and O–H groups in total. The molecule has 7 nitrogen and oxygen atoms in total. The summed E-state index contributed by atoms with van der Waals surface area (Å²) in [6.07, 6.45) is 5.81. The minimum absolute atomic E-state index is 0.0606. The molecule has 1 spiro atoms. The van der Waals surface area contributed by atoms with Crippen molar-refractivity contribution in [3.8, 4) is 0 Å². The van der Waals surface area contributed by atoms with Gasteiger partial charge in [-0.25, -0.2) is 0 Å². The third kappa shape index (κ3) is 6.79. The zero-order valence-corrected chi connectivity index (χ0v) is 19.2. The molecule has 2 saturated heterocycles. The number of amides is 3. The fourth-order valence-corrected chi connectivity index (χ4v) is 4.55. The van der Waals surface area contributed by atoms with E-state index in [1.807, 2.05) is 35.2 Å². The number of aryl methyl sites for hydroxylation is 1. The van der Waals surface area contributed by atoms with Crippen LogP contribution in [0.15, 0.2) is 30.3 Å². The van der Waals surface area contributed by atoms with Crippen LogP contribution in [0.2, 0.25) is 0 Å². The number of rotatable bonds is 3. The van der Waals surface area contributed by atoms with Crippen LogP contribution in [0.1, 0.15) is 57.4 Å². The summed E-state index contributed by atoms with van der Waals surface area (Å²) in [5.74, 6) is -0.0836. The monoisotopic (exact) mass is 443 g/mol. The number of benzene rings is 1. The van der Waals surface area contributed by atoms with Crippen molar-refractivity contribution >= 4 is 17.7 Å². The molecule has 0 aromatic heterocycles. The molecular weight excluding hydrogens is 406 g/mol. The summed E-state index contributed by atoms with van der Waals surface area (Å²) in [6, 6.07) is 9.46. The van der Waals surface area contributed by atoms with E-state index in [1.54, 1.807) is 6.92 Å². The molecule has 7 heteroatoms. The van der Waals surface area contributed by atoms with Crippen LogP contribution in [0.25, 0.3) is 0 Å². The second kappa shape index (κ2) is 12.0. The van der Waals surface area contributed by atoms with Gasteiger partial charge < -0.3 is 20.3 Å². The first-order valence-corrected chi connectivity index (χ1v) is 12.0. The number of nitrogens with one attached hydrogen (secondary N) is 2. The molecule has 0 radical (unpaired) electrons. The van der Waals surface area contributed by atoms with Gasteiger partial charge in [0.25, 0.3) is 0 Å². The molecule has 1 aromatic carbocycles. The molecule has 2 aliphatic heterocycles. The molecule has 0 aliphatic carbocycles. The molecule has 3 rings (SSSR count). The van der Waals surface area contributed by atoms with Gasteiger partial charge in [-0.3, -0.25) is 14.4 Å². The van der Waals surface area contributed by atoms with Crippen molar-refractivity contribution in [2.24, 2.45) is 5.41 Å². The van der Waals surface area contributed by atoms with Gasteiger partial charge in [0, 0.05) is 39.3 Å². The normalized spacial score (nSPS) is 23.2. The van der Waals surface area contributed by atoms with Crippen LogP contribution in [-0.2, 0) is 25.5 Å². The molecule has 3 amide bonds. The molecule has 0 bridgehead atoms. The maximum absolute atomic E-state index is 13.3. The molecule has 32 heavy (non-hydrogen) atoms. The summed E-state index contributed by atoms with van der Waals surface area (Å²) < 4.78 is 5.65. The Labute approximate surface area is 191 Å². The van der Waals surface area contributed by atoms with E-state index in [-0.39, 0.29) is 17.7 Å². The lowest BCUT2D eigenvalue weighted by atomic mass is 9.73. The van der Waals surface area contributed by atoms with Crippen molar-refractivity contribution in [3.63, 3.8) is 0 Å². The number of ether oxygens (including phenoxy) is 1. The minimum atomic E-state index is -0.575. The highest BCUT2D eigenvalue weighted by molar-refractivity contribution is 5.90. The number of hydrogen-bond acceptors (Lipinski definition) is 4. The average Bonchev–Trinajstić information content (AvgIpc) is 2.81. The lowest BCUT2D eigenvalue weighted by molar-refractivity contribution is -0.142. The number of carbonyl (C=O) groups is 3. The van der Waals surface area contributed by atoms with Crippen molar-refractivity contribution in [2.75, 3.05) is 32.8 Å². The standard InChI is InChI=1S/C25H37N3O4/c1-20-23(30)26-15-7-19-32-18-6-5-12-25(24(31)27-20)13-16-28(17-14-25)22(29)11-10-21-8-3-2-4-9-21/h2-4,8-9,20H,5-7,10-19H2,1H3,(H,26,30)(H,27,31)/t20-/m0/s1. The maximum atomic E-state index is 13.3. The lowest BCUT2D eigenvalue weighted by Gasteiger charge is -2.41. The summed E-state index contributed by atoms with van der Waals surface area (Å²) in [4.78, 5) is 40.2. The zero-order chi connectivity index (χ0) is 22.8. The molecule has 1 atom stereocenters. The van der Waals surface area contributed by atoms with E-state index in [0.717, 1.165) is 37.7 Å². The maximum Gasteiger partial charge on any atom is 0.242 e. The van der Waals surface area contributed by atoms with E-state index >= 15 is 0 Å². The molecule has 2 aliphatic rings. The Hall–Kier alpha value is -2.41. The van der Waals surface area contributed by atoms with Gasteiger partial charge in [0.15, 0.2) is 0 Å². The smallest absolute Gasteiger partial charge is 0.242 e. The predicted molar refractivity (Wildman–Crippen MR) is 123 cm³/mol. The first kappa shape index (κ1) is 24.2.